The van der Waals surface area contributed by atoms with E-state index in [0.29, 0.717) is 5.75 Å². The van der Waals surface area contributed by atoms with Gasteiger partial charge in [0.2, 0.25) is 11.4 Å². The van der Waals surface area contributed by atoms with Crippen LogP contribution in [-0.4, -0.2) is 38.5 Å². The van der Waals surface area contributed by atoms with Gasteiger partial charge in [0, 0.05) is 25.2 Å². The maximum atomic E-state index is 12.2. The molecule has 156 valence electrons. The van der Waals surface area contributed by atoms with E-state index < -0.39 is 16.9 Å². The lowest BCUT2D eigenvalue weighted by molar-refractivity contribution is 0.346. The third-order valence-corrected chi connectivity index (χ3v) is 4.54. The van der Waals surface area contributed by atoms with Crippen LogP contribution >= 0.6 is 0 Å². The number of benzene rings is 2. The number of aryl methyl sites for hydroxylation is 1. The molecule has 4 rings (SSSR count). The van der Waals surface area contributed by atoms with Crippen LogP contribution in [0.15, 0.2) is 46.2 Å². The fourth-order valence-electron chi connectivity index (χ4n) is 3.02. The molecule has 0 aliphatic heterocycles. The monoisotopic (exact) mass is 420 g/mol. The number of aromatic amines is 1. The minimum atomic E-state index is -0.867. The highest BCUT2D eigenvalue weighted by atomic mass is 16.5. The van der Waals surface area contributed by atoms with Crippen molar-refractivity contribution < 1.29 is 14.2 Å². The molecule has 2 aromatic carbocycles. The molecule has 0 bridgehead atoms. The molecule has 0 fully saturated rings. The molecule has 0 saturated carbocycles. The van der Waals surface area contributed by atoms with Crippen molar-refractivity contribution in [1.29, 1.82) is 5.26 Å². The second-order valence-corrected chi connectivity index (χ2v) is 6.42. The van der Waals surface area contributed by atoms with Crippen molar-refractivity contribution in [2.24, 2.45) is 7.05 Å². The zero-order valence-corrected chi connectivity index (χ0v) is 16.7. The van der Waals surface area contributed by atoms with E-state index in [9.17, 15) is 9.59 Å². The van der Waals surface area contributed by atoms with Gasteiger partial charge in [0.1, 0.15) is 11.8 Å². The Labute approximate surface area is 174 Å². The summed E-state index contributed by atoms with van der Waals surface area (Å²) in [5, 5.41) is 12.8. The second kappa shape index (κ2) is 7.68. The van der Waals surface area contributed by atoms with Gasteiger partial charge in [0.15, 0.2) is 11.5 Å². The molecule has 2 aromatic heterocycles. The summed E-state index contributed by atoms with van der Waals surface area (Å²) in [7, 11) is 4.73. The number of imidazole rings is 1. The van der Waals surface area contributed by atoms with Gasteiger partial charge in [0.05, 0.1) is 37.3 Å². The lowest BCUT2D eigenvalue weighted by Gasteiger charge is -2.16. The van der Waals surface area contributed by atoms with Crippen LogP contribution in [-0.2, 0) is 7.05 Å². The van der Waals surface area contributed by atoms with Gasteiger partial charge in [-0.3, -0.25) is 9.78 Å². The summed E-state index contributed by atoms with van der Waals surface area (Å²) >= 11 is 0. The van der Waals surface area contributed by atoms with Crippen LogP contribution in [0.5, 0.6) is 23.0 Å². The number of hydrogen-bond donors (Lipinski definition) is 1. The average molecular weight is 420 g/mol. The minimum absolute atomic E-state index is 0.209. The minimum Gasteiger partial charge on any atom is -0.493 e. The van der Waals surface area contributed by atoms with E-state index >= 15 is 0 Å². The van der Waals surface area contributed by atoms with Gasteiger partial charge < -0.3 is 18.8 Å². The molecule has 11 heteroatoms. The van der Waals surface area contributed by atoms with Crippen molar-refractivity contribution in [1.82, 2.24) is 24.3 Å². The third-order valence-electron chi connectivity index (χ3n) is 4.54. The van der Waals surface area contributed by atoms with Gasteiger partial charge in [-0.2, -0.15) is 9.94 Å². The van der Waals surface area contributed by atoms with Gasteiger partial charge >= 0.3 is 5.69 Å². The molecule has 0 saturated heterocycles. The highest BCUT2D eigenvalue weighted by molar-refractivity contribution is 5.77. The zero-order valence-electron chi connectivity index (χ0n) is 16.7. The van der Waals surface area contributed by atoms with Crippen LogP contribution in [0, 0.1) is 11.3 Å². The molecular weight excluding hydrogens is 404 g/mol. The largest absolute Gasteiger partial charge is 0.493 e. The Morgan fingerprint density at radius 1 is 1.10 bits per heavy atom. The number of methoxy groups -OCH3 is 2. The van der Waals surface area contributed by atoms with E-state index in [1.165, 1.54) is 26.4 Å². The van der Waals surface area contributed by atoms with E-state index in [4.69, 9.17) is 19.5 Å². The second-order valence-electron chi connectivity index (χ2n) is 6.42. The van der Waals surface area contributed by atoms with Crippen LogP contribution in [0.1, 0.15) is 5.69 Å². The van der Waals surface area contributed by atoms with E-state index in [0.717, 1.165) is 15.7 Å². The Balaban J connectivity index is 1.83. The van der Waals surface area contributed by atoms with Gasteiger partial charge in [-0.15, -0.1) is 5.10 Å². The van der Waals surface area contributed by atoms with Crippen LogP contribution in [0.3, 0.4) is 0 Å². The maximum absolute atomic E-state index is 12.2. The highest BCUT2D eigenvalue weighted by Gasteiger charge is 2.18. The predicted molar refractivity (Wildman–Crippen MR) is 109 cm³/mol. The zero-order chi connectivity index (χ0) is 22.1. The first-order valence-electron chi connectivity index (χ1n) is 8.94. The van der Waals surface area contributed by atoms with Crippen LogP contribution in [0.4, 0.5) is 0 Å². The molecule has 0 radical (unpaired) electrons. The van der Waals surface area contributed by atoms with Crippen molar-refractivity contribution >= 4 is 11.0 Å². The number of H-pyrrole nitrogens is 1. The first-order valence-corrected chi connectivity index (χ1v) is 8.94. The molecule has 31 heavy (non-hydrogen) atoms. The summed E-state index contributed by atoms with van der Waals surface area (Å²) in [5.41, 5.74) is -0.235. The number of nitriles is 1. The molecule has 0 spiro atoms. The fourth-order valence-corrected chi connectivity index (χ4v) is 3.02. The van der Waals surface area contributed by atoms with Crippen molar-refractivity contribution in [2.45, 2.75) is 0 Å². The number of hydrogen-bond acceptors (Lipinski definition) is 8. The lowest BCUT2D eigenvalue weighted by atomic mass is 10.2. The van der Waals surface area contributed by atoms with Crippen molar-refractivity contribution in [2.75, 3.05) is 14.2 Å². The van der Waals surface area contributed by atoms with Crippen molar-refractivity contribution in [3.63, 3.8) is 0 Å². The molecule has 0 atom stereocenters. The van der Waals surface area contributed by atoms with E-state index in [2.05, 4.69) is 15.1 Å². The lowest BCUT2D eigenvalue weighted by Crippen LogP contribution is -2.33. The quantitative estimate of drug-likeness (QED) is 0.513. The SMILES string of the molecule is COc1cc(-n2nc(C#N)c(=O)[nH]c2=O)cc(OC)c1Oc1ccc2ncn(C)c2c1. The first-order chi connectivity index (χ1) is 14.9. The summed E-state index contributed by atoms with van der Waals surface area (Å²) in [6, 6.07) is 10.0. The Bertz CT molecular complexity index is 1430. The van der Waals surface area contributed by atoms with Gasteiger partial charge in [0.25, 0.3) is 5.56 Å². The standard InChI is InChI=1S/C20H16N6O5/c1-25-10-22-13-5-4-12(8-15(13)25)31-18-16(29-2)6-11(7-17(18)30-3)26-20(28)23-19(27)14(9-21)24-26/h4-8,10H,1-3H3,(H,23,27,28). The molecule has 4 aromatic rings. The number of rotatable bonds is 5. The molecule has 0 amide bonds. The summed E-state index contributed by atoms with van der Waals surface area (Å²) in [5.74, 6) is 1.29. The summed E-state index contributed by atoms with van der Waals surface area (Å²) in [4.78, 5) is 30.2. The number of nitrogens with zero attached hydrogens (tertiary/aromatic N) is 5. The fraction of sp³-hybridized carbons (Fsp3) is 0.150. The molecule has 0 unspecified atom stereocenters. The average Bonchev–Trinajstić information content (AvgIpc) is 3.14. The molecule has 2 heterocycles. The Kier molecular flexibility index (Phi) is 4.88. The summed E-state index contributed by atoms with van der Waals surface area (Å²) in [6.07, 6.45) is 1.70. The number of fused-ring (bicyclic) bond motifs is 1. The maximum Gasteiger partial charge on any atom is 0.349 e. The van der Waals surface area contributed by atoms with E-state index in [1.54, 1.807) is 18.5 Å². The molecule has 1 N–H and O–H groups in total. The molecule has 11 nitrogen and oxygen atoms in total. The summed E-state index contributed by atoms with van der Waals surface area (Å²) in [6.45, 7) is 0. The van der Waals surface area contributed by atoms with Crippen molar-refractivity contribution in [3.05, 3.63) is 63.2 Å². The van der Waals surface area contributed by atoms with E-state index in [1.807, 2.05) is 23.7 Å². The normalized spacial score (nSPS) is 10.6. The van der Waals surface area contributed by atoms with Gasteiger partial charge in [-0.1, -0.05) is 0 Å². The van der Waals surface area contributed by atoms with Crippen molar-refractivity contribution in [3.8, 4) is 34.8 Å². The van der Waals surface area contributed by atoms with E-state index in [-0.39, 0.29) is 22.9 Å². The van der Waals surface area contributed by atoms with Gasteiger partial charge in [-0.25, -0.2) is 9.78 Å². The Morgan fingerprint density at radius 3 is 2.45 bits per heavy atom. The molecular formula is C20H16N6O5. The van der Waals surface area contributed by atoms with Crippen LogP contribution in [0.25, 0.3) is 16.7 Å². The van der Waals surface area contributed by atoms with Crippen LogP contribution in [0.2, 0.25) is 0 Å². The van der Waals surface area contributed by atoms with Crippen LogP contribution < -0.4 is 25.5 Å². The Hall–Kier alpha value is -4.59. The smallest absolute Gasteiger partial charge is 0.349 e. The number of nitrogens with one attached hydrogen (secondary N) is 1. The Morgan fingerprint density at radius 2 is 1.81 bits per heavy atom. The third kappa shape index (κ3) is 3.46. The number of ether oxygens (including phenoxy) is 3. The highest BCUT2D eigenvalue weighted by Crippen LogP contribution is 2.42. The molecule has 0 aliphatic carbocycles. The predicted octanol–water partition coefficient (Wildman–Crippen LogP) is 1.49. The van der Waals surface area contributed by atoms with Gasteiger partial charge in [-0.05, 0) is 12.1 Å². The summed E-state index contributed by atoms with van der Waals surface area (Å²) < 4.78 is 19.6. The number of aromatic nitrogens is 5. The molecule has 0 aliphatic rings. The topological polar surface area (TPSA) is 137 Å². The first kappa shape index (κ1) is 19.7.